The van der Waals surface area contributed by atoms with E-state index in [-0.39, 0.29) is 51.0 Å². The van der Waals surface area contributed by atoms with Crippen LogP contribution >= 0.6 is 0 Å². The van der Waals surface area contributed by atoms with Crippen LogP contribution in [0.1, 0.15) is 30.4 Å². The molecule has 0 aromatic heterocycles. The fraction of sp³-hybridized carbons (Fsp3) is 0.200. The van der Waals surface area contributed by atoms with Crippen LogP contribution in [0.4, 0.5) is 0 Å². The Morgan fingerprint density at radius 2 is 1.17 bits per heavy atom. The molecule has 0 nitrogen and oxygen atoms in total. The molecule has 0 saturated heterocycles. The third-order valence-electron chi connectivity index (χ3n) is 3.37. The van der Waals surface area contributed by atoms with E-state index in [9.17, 15) is 0 Å². The van der Waals surface area contributed by atoms with Crippen LogP contribution in [0.3, 0.4) is 0 Å². The van der Waals surface area contributed by atoms with E-state index in [0.29, 0.717) is 5.92 Å². The van der Waals surface area contributed by atoms with Crippen LogP contribution < -0.4 is 24.8 Å². The predicted octanol–water partition coefficient (Wildman–Crippen LogP) is -1.79. The van der Waals surface area contributed by atoms with Crippen molar-refractivity contribution in [2.24, 2.45) is 0 Å². The predicted molar refractivity (Wildman–Crippen MR) is 64.0 cm³/mol. The normalized spacial score (nSPS) is 11.4. The Morgan fingerprint density at radius 3 is 1.56 bits per heavy atom. The van der Waals surface area contributed by atoms with Crippen LogP contribution in [0.15, 0.2) is 48.5 Å². The first kappa shape index (κ1) is 17.9. The third kappa shape index (κ3) is 2.74. The maximum absolute atomic E-state index is 2.27. The van der Waals surface area contributed by atoms with E-state index in [1.807, 2.05) is 0 Å². The first-order valence-corrected chi connectivity index (χ1v) is 5.60. The molecule has 0 N–H and O–H groups in total. The molecule has 0 saturated carbocycles. The molecule has 0 unspecified atom stereocenters. The van der Waals surface area contributed by atoms with Gasteiger partial charge in [-0.2, -0.15) is 0 Å². The van der Waals surface area contributed by atoms with Gasteiger partial charge in [0.2, 0.25) is 0 Å². The summed E-state index contributed by atoms with van der Waals surface area (Å²) in [5.41, 5.74) is 5.86. The second-order valence-corrected chi connectivity index (χ2v) is 4.14. The zero-order valence-corrected chi connectivity index (χ0v) is 14.1. The van der Waals surface area contributed by atoms with Crippen molar-refractivity contribution in [3.63, 3.8) is 0 Å². The monoisotopic (exact) mass is 354 g/mol. The number of rotatable bonds is 1. The SMILES string of the molecule is CCC1c2ccccc2-c2ccccc21.[Cl-].[Cl-].[Zr+2]. The van der Waals surface area contributed by atoms with Crippen molar-refractivity contribution in [1.82, 2.24) is 0 Å². The van der Waals surface area contributed by atoms with Gasteiger partial charge in [0, 0.05) is 5.92 Å². The molecule has 0 heterocycles. The summed E-state index contributed by atoms with van der Waals surface area (Å²) >= 11 is 0. The molecular formula is C15H14Cl2Zr. The van der Waals surface area contributed by atoms with Gasteiger partial charge in [0.25, 0.3) is 0 Å². The topological polar surface area (TPSA) is 0 Å². The number of hydrogen-bond donors (Lipinski definition) is 0. The minimum atomic E-state index is 0. The Kier molecular flexibility index (Phi) is 7.44. The molecule has 0 atom stereocenters. The summed E-state index contributed by atoms with van der Waals surface area (Å²) in [6.07, 6.45) is 1.19. The van der Waals surface area contributed by atoms with Gasteiger partial charge in [-0.05, 0) is 28.7 Å². The van der Waals surface area contributed by atoms with Gasteiger partial charge >= 0.3 is 26.2 Å². The van der Waals surface area contributed by atoms with Crippen LogP contribution in [0.2, 0.25) is 0 Å². The third-order valence-corrected chi connectivity index (χ3v) is 3.37. The van der Waals surface area contributed by atoms with Crippen molar-refractivity contribution in [2.45, 2.75) is 19.3 Å². The van der Waals surface area contributed by atoms with Crippen molar-refractivity contribution in [3.8, 4) is 11.1 Å². The summed E-state index contributed by atoms with van der Waals surface area (Å²) in [5, 5.41) is 0. The quantitative estimate of drug-likeness (QED) is 0.567. The number of halogens is 2. The van der Waals surface area contributed by atoms with E-state index < -0.39 is 0 Å². The first-order valence-electron chi connectivity index (χ1n) is 5.60. The van der Waals surface area contributed by atoms with Crippen molar-refractivity contribution < 1.29 is 51.0 Å². The van der Waals surface area contributed by atoms with Crippen LogP contribution in [0.5, 0.6) is 0 Å². The number of fused-ring (bicyclic) bond motifs is 3. The van der Waals surface area contributed by atoms with E-state index in [4.69, 9.17) is 0 Å². The van der Waals surface area contributed by atoms with Crippen LogP contribution in [-0.4, -0.2) is 0 Å². The van der Waals surface area contributed by atoms with Crippen LogP contribution in [-0.2, 0) is 26.2 Å². The van der Waals surface area contributed by atoms with Crippen LogP contribution in [0, 0.1) is 0 Å². The average Bonchev–Trinajstić information content (AvgIpc) is 2.63. The standard InChI is InChI=1S/C15H14.2ClH.Zr/c1-2-11-12-7-3-5-9-14(12)15-10-6-4-8-13(11)15;;;/h3-11H,2H2,1H3;2*1H;/q;;;+2/p-2. The second kappa shape index (κ2) is 7.48. The number of benzene rings is 2. The summed E-state index contributed by atoms with van der Waals surface area (Å²) in [5.74, 6) is 0.609. The molecule has 3 heteroatoms. The molecule has 1 aliphatic carbocycles. The molecular weight excluding hydrogens is 342 g/mol. The van der Waals surface area contributed by atoms with Crippen molar-refractivity contribution in [3.05, 3.63) is 59.7 Å². The summed E-state index contributed by atoms with van der Waals surface area (Å²) < 4.78 is 0. The van der Waals surface area contributed by atoms with Gasteiger partial charge in [-0.25, -0.2) is 0 Å². The summed E-state index contributed by atoms with van der Waals surface area (Å²) in [4.78, 5) is 0. The van der Waals surface area contributed by atoms with Crippen molar-refractivity contribution in [2.75, 3.05) is 0 Å². The van der Waals surface area contributed by atoms with E-state index >= 15 is 0 Å². The first-order chi connectivity index (χ1) is 7.42. The molecule has 0 radical (unpaired) electrons. The van der Waals surface area contributed by atoms with Gasteiger partial charge in [-0.1, -0.05) is 55.5 Å². The molecule has 0 amide bonds. The molecule has 0 spiro atoms. The van der Waals surface area contributed by atoms with Crippen molar-refractivity contribution >= 4 is 0 Å². The molecule has 3 rings (SSSR count). The smallest absolute Gasteiger partial charge is 1.00 e. The number of hydrogen-bond acceptors (Lipinski definition) is 0. The van der Waals surface area contributed by atoms with E-state index in [2.05, 4.69) is 55.5 Å². The summed E-state index contributed by atoms with van der Waals surface area (Å²) in [6, 6.07) is 17.6. The molecule has 0 aliphatic heterocycles. The molecule has 0 fully saturated rings. The maximum atomic E-state index is 2.27. The second-order valence-electron chi connectivity index (χ2n) is 4.14. The Balaban J connectivity index is 0.000000963. The van der Waals surface area contributed by atoms with E-state index in [1.165, 1.54) is 28.7 Å². The minimum Gasteiger partial charge on any atom is -1.00 e. The van der Waals surface area contributed by atoms with Gasteiger partial charge in [0.1, 0.15) is 0 Å². The fourth-order valence-corrected chi connectivity index (χ4v) is 2.70. The fourth-order valence-electron chi connectivity index (χ4n) is 2.70. The summed E-state index contributed by atoms with van der Waals surface area (Å²) in [6.45, 7) is 2.27. The molecule has 0 bridgehead atoms. The zero-order chi connectivity index (χ0) is 10.3. The molecule has 18 heavy (non-hydrogen) atoms. The van der Waals surface area contributed by atoms with E-state index in [1.54, 1.807) is 0 Å². The molecule has 92 valence electrons. The van der Waals surface area contributed by atoms with Gasteiger partial charge in [-0.15, -0.1) is 0 Å². The zero-order valence-electron chi connectivity index (χ0n) is 10.2. The molecule has 2 aromatic rings. The van der Waals surface area contributed by atoms with Gasteiger partial charge in [0.15, 0.2) is 0 Å². The Bertz CT molecular complexity index is 466. The van der Waals surface area contributed by atoms with E-state index in [0.717, 1.165) is 0 Å². The van der Waals surface area contributed by atoms with Crippen molar-refractivity contribution in [1.29, 1.82) is 0 Å². The minimum absolute atomic E-state index is 0. The van der Waals surface area contributed by atoms with Gasteiger partial charge < -0.3 is 24.8 Å². The Labute approximate surface area is 140 Å². The Morgan fingerprint density at radius 1 is 0.778 bits per heavy atom. The Hall–Kier alpha value is -0.0969. The maximum Gasteiger partial charge on any atom is 2.00 e. The summed E-state index contributed by atoms with van der Waals surface area (Å²) in [7, 11) is 0. The van der Waals surface area contributed by atoms with Gasteiger partial charge in [-0.3, -0.25) is 0 Å². The van der Waals surface area contributed by atoms with Crippen LogP contribution in [0.25, 0.3) is 11.1 Å². The van der Waals surface area contributed by atoms with Gasteiger partial charge in [0.05, 0.1) is 0 Å². The largest absolute Gasteiger partial charge is 2.00 e. The molecule has 1 aliphatic rings. The average molecular weight is 356 g/mol. The molecule has 2 aromatic carbocycles.